The summed E-state index contributed by atoms with van der Waals surface area (Å²) in [6.07, 6.45) is -5.18. The minimum Gasteiger partial charge on any atom is -0.275 e. The average Bonchev–Trinajstić information content (AvgIpc) is 2.12. The van der Waals surface area contributed by atoms with Crippen molar-refractivity contribution in [1.29, 1.82) is 0 Å². The molecule has 0 saturated carbocycles. The maximum atomic E-state index is 12.5. The molecule has 11 heteroatoms. The molecule has 6 nitrogen and oxygen atoms in total. The maximum Gasteiger partial charge on any atom is 0.507 e. The second kappa shape index (κ2) is 4.57. The smallest absolute Gasteiger partial charge is 0.275 e. The number of rotatable bonds is 1. The average molecular weight is 294 g/mol. The number of nitrogens with zero attached hydrogens (tertiary/aromatic N) is 2. The molecule has 1 fully saturated rings. The van der Waals surface area contributed by atoms with Crippen LogP contribution >= 0.6 is 23.2 Å². The van der Waals surface area contributed by atoms with Gasteiger partial charge in [-0.2, -0.15) is 0 Å². The number of hydrogen-bond acceptors (Lipinski definition) is 3. The summed E-state index contributed by atoms with van der Waals surface area (Å²) in [7, 11) is 0. The Labute approximate surface area is 102 Å². The summed E-state index contributed by atoms with van der Waals surface area (Å²) in [6, 6.07) is -1.80. The predicted octanol–water partition coefficient (Wildman–Crippen LogP) is 0.605. The number of amides is 4. The zero-order chi connectivity index (χ0) is 13.4. The second-order valence-electron chi connectivity index (χ2n) is 2.83. The molecule has 0 radical (unpaired) electrons. The molecule has 1 saturated heterocycles. The van der Waals surface area contributed by atoms with Crippen molar-refractivity contribution in [3.05, 3.63) is 0 Å². The first-order chi connectivity index (χ1) is 7.64. The molecule has 0 spiro atoms. The Kier molecular flexibility index (Phi) is 3.72. The van der Waals surface area contributed by atoms with Crippen molar-refractivity contribution in [3.8, 4) is 0 Å². The first-order valence-corrected chi connectivity index (χ1v) is 4.82. The summed E-state index contributed by atoms with van der Waals surface area (Å²) in [6.45, 7) is -1.000. The molecular formula is C6H4Cl2F3N3O3. The minimum absolute atomic E-state index is 0.161. The quantitative estimate of drug-likeness (QED) is 0.569. The summed E-state index contributed by atoms with van der Waals surface area (Å²) in [5, 5.41) is 0.380. The van der Waals surface area contributed by atoms with Gasteiger partial charge in [-0.05, 0) is 0 Å². The zero-order valence-corrected chi connectivity index (χ0v) is 9.31. The highest BCUT2D eigenvalue weighted by Gasteiger charge is 2.51. The van der Waals surface area contributed by atoms with Crippen LogP contribution in [0.15, 0.2) is 0 Å². The Hall–Kier alpha value is -1.22. The van der Waals surface area contributed by atoms with Crippen LogP contribution in [0, 0.1) is 0 Å². The molecule has 0 atom stereocenters. The summed E-state index contributed by atoms with van der Waals surface area (Å²) >= 11 is 10.2. The molecule has 1 aliphatic heterocycles. The number of urea groups is 1. The lowest BCUT2D eigenvalue weighted by Gasteiger charge is -2.37. The number of alkyl halides is 5. The molecule has 0 aromatic rings. The molecule has 4 amide bonds. The van der Waals surface area contributed by atoms with Crippen LogP contribution in [0.3, 0.4) is 0 Å². The van der Waals surface area contributed by atoms with Gasteiger partial charge in [0.05, 0.1) is 0 Å². The van der Waals surface area contributed by atoms with E-state index in [4.69, 9.17) is 23.2 Å². The second-order valence-corrected chi connectivity index (χ2v) is 3.93. The van der Waals surface area contributed by atoms with E-state index in [-0.39, 0.29) is 5.01 Å². The van der Waals surface area contributed by atoms with E-state index < -0.39 is 40.5 Å². The molecule has 1 N–H and O–H groups in total. The summed E-state index contributed by atoms with van der Waals surface area (Å²) in [4.78, 5) is 31.3. The van der Waals surface area contributed by atoms with Crippen LogP contribution in [0.4, 0.5) is 18.0 Å². The highest BCUT2D eigenvalue weighted by molar-refractivity contribution is 6.53. The number of carbonyl (C=O) groups is 3. The monoisotopic (exact) mass is 293 g/mol. The Morgan fingerprint density at radius 1 is 1.35 bits per heavy atom. The summed E-state index contributed by atoms with van der Waals surface area (Å²) in [5.41, 5.74) is 0. The predicted molar refractivity (Wildman–Crippen MR) is 48.6 cm³/mol. The third-order valence-electron chi connectivity index (χ3n) is 1.65. The Bertz CT molecular complexity index is 373. The number of hydrogen-bond donors (Lipinski definition) is 1. The van der Waals surface area contributed by atoms with Crippen LogP contribution in [-0.4, -0.2) is 45.5 Å². The van der Waals surface area contributed by atoms with Crippen molar-refractivity contribution in [2.24, 2.45) is 0 Å². The third-order valence-corrected chi connectivity index (χ3v) is 2.03. The molecule has 0 aromatic carbocycles. The zero-order valence-electron chi connectivity index (χ0n) is 7.79. The molecule has 1 aliphatic rings. The molecular weight excluding hydrogens is 290 g/mol. The lowest BCUT2D eigenvalue weighted by molar-refractivity contribution is -0.282. The van der Waals surface area contributed by atoms with E-state index >= 15 is 0 Å². The number of halogens is 5. The van der Waals surface area contributed by atoms with Gasteiger partial charge in [0.25, 0.3) is 5.91 Å². The fourth-order valence-electron chi connectivity index (χ4n) is 1.07. The molecule has 1 heterocycles. The van der Waals surface area contributed by atoms with E-state index in [9.17, 15) is 27.6 Å². The number of carbonyl (C=O) groups excluding carboxylic acids is 3. The van der Waals surface area contributed by atoms with Gasteiger partial charge in [-0.15, -0.1) is 18.2 Å². The van der Waals surface area contributed by atoms with Crippen LogP contribution in [0.1, 0.15) is 0 Å². The lowest BCUT2D eigenvalue weighted by Crippen LogP contribution is -2.67. The Morgan fingerprint density at radius 3 is 2.29 bits per heavy atom. The molecule has 0 aliphatic carbocycles. The van der Waals surface area contributed by atoms with Gasteiger partial charge in [0.15, 0.2) is 4.84 Å². The van der Waals surface area contributed by atoms with E-state index in [2.05, 4.69) is 0 Å². The maximum absolute atomic E-state index is 12.5. The van der Waals surface area contributed by atoms with Crippen LogP contribution in [0.2, 0.25) is 0 Å². The number of hydrazine groups is 1. The van der Waals surface area contributed by atoms with Gasteiger partial charge in [-0.25, -0.2) is 9.80 Å². The van der Waals surface area contributed by atoms with E-state index in [0.717, 1.165) is 0 Å². The highest BCUT2D eigenvalue weighted by Crippen LogP contribution is 2.26. The van der Waals surface area contributed by atoms with Gasteiger partial charge in [0, 0.05) is 0 Å². The number of nitrogens with one attached hydrogen (secondary N) is 1. The molecule has 1 rings (SSSR count). The SMILES string of the molecule is O=C1CN(C(=O)C(Cl)Cl)N(C(F)(F)F)C(=O)N1. The highest BCUT2D eigenvalue weighted by atomic mass is 35.5. The van der Waals surface area contributed by atoms with Crippen molar-refractivity contribution < 1.29 is 27.6 Å². The molecule has 96 valence electrons. The van der Waals surface area contributed by atoms with Crippen molar-refractivity contribution in [2.75, 3.05) is 6.54 Å². The fourth-order valence-corrected chi connectivity index (χ4v) is 1.29. The van der Waals surface area contributed by atoms with Crippen LogP contribution < -0.4 is 5.32 Å². The van der Waals surface area contributed by atoms with Crippen molar-refractivity contribution >= 4 is 41.0 Å². The Morgan fingerprint density at radius 2 is 1.88 bits per heavy atom. The van der Waals surface area contributed by atoms with E-state index in [1.807, 2.05) is 0 Å². The van der Waals surface area contributed by atoms with Crippen molar-refractivity contribution in [1.82, 2.24) is 15.3 Å². The molecule has 0 bridgehead atoms. The van der Waals surface area contributed by atoms with Gasteiger partial charge < -0.3 is 0 Å². The normalized spacial score (nSPS) is 17.5. The first kappa shape index (κ1) is 13.8. The fraction of sp³-hybridized carbons (Fsp3) is 0.500. The number of imide groups is 1. The van der Waals surface area contributed by atoms with Gasteiger partial charge in [0.1, 0.15) is 6.54 Å². The lowest BCUT2D eigenvalue weighted by atomic mass is 10.4. The topological polar surface area (TPSA) is 69.7 Å². The van der Waals surface area contributed by atoms with Gasteiger partial charge in [0.2, 0.25) is 5.91 Å². The first-order valence-electron chi connectivity index (χ1n) is 3.95. The van der Waals surface area contributed by atoms with E-state index in [1.165, 1.54) is 5.32 Å². The standard InChI is InChI=1S/C6H4Cl2F3N3O3/c7-3(8)4(16)13-1-2(15)12-5(17)14(13)6(9,10)11/h3H,1H2,(H,12,15,17). The van der Waals surface area contributed by atoms with Crippen LogP contribution in [0.25, 0.3) is 0 Å². The van der Waals surface area contributed by atoms with Gasteiger partial charge >= 0.3 is 12.3 Å². The van der Waals surface area contributed by atoms with Crippen molar-refractivity contribution in [2.45, 2.75) is 11.1 Å². The molecule has 17 heavy (non-hydrogen) atoms. The van der Waals surface area contributed by atoms with Gasteiger partial charge in [-0.3, -0.25) is 14.9 Å². The van der Waals surface area contributed by atoms with Crippen LogP contribution in [-0.2, 0) is 9.59 Å². The van der Waals surface area contributed by atoms with Crippen molar-refractivity contribution in [3.63, 3.8) is 0 Å². The molecule has 0 unspecified atom stereocenters. The summed E-state index contributed by atoms with van der Waals surface area (Å²) in [5.74, 6) is -2.49. The van der Waals surface area contributed by atoms with E-state index in [0.29, 0.717) is 0 Å². The minimum atomic E-state index is -5.18. The van der Waals surface area contributed by atoms with Gasteiger partial charge in [-0.1, -0.05) is 23.2 Å². The molecule has 0 aromatic heterocycles. The summed E-state index contributed by atoms with van der Waals surface area (Å²) < 4.78 is 37.4. The van der Waals surface area contributed by atoms with Crippen LogP contribution in [0.5, 0.6) is 0 Å². The Balaban J connectivity index is 3.07. The third kappa shape index (κ3) is 2.91. The largest absolute Gasteiger partial charge is 0.507 e. The van der Waals surface area contributed by atoms with E-state index in [1.54, 1.807) is 0 Å².